The number of carbonyl (C=O) groups excluding carboxylic acids is 1. The van der Waals surface area contributed by atoms with E-state index in [1.54, 1.807) is 6.92 Å². The van der Waals surface area contributed by atoms with Crippen LogP contribution in [0.15, 0.2) is 24.3 Å². The number of hydrogen-bond acceptors (Lipinski definition) is 1. The molecule has 1 unspecified atom stereocenters. The summed E-state index contributed by atoms with van der Waals surface area (Å²) in [4.78, 5) is 11.0. The topological polar surface area (TPSA) is 29.1 Å². The third-order valence-corrected chi connectivity index (χ3v) is 3.08. The normalized spacial score (nSPS) is 12.2. The minimum absolute atomic E-state index is 0.0104. The van der Waals surface area contributed by atoms with Gasteiger partial charge in [-0.25, -0.2) is 0 Å². The third-order valence-electron chi connectivity index (χ3n) is 3.08. The first-order valence-electron chi connectivity index (χ1n) is 6.54. The zero-order valence-corrected chi connectivity index (χ0v) is 11.1. The first-order valence-corrected chi connectivity index (χ1v) is 6.54. The smallest absolute Gasteiger partial charge is 0.221 e. The second-order valence-electron chi connectivity index (χ2n) is 4.55. The molecule has 0 spiro atoms. The van der Waals surface area contributed by atoms with E-state index in [4.69, 9.17) is 0 Å². The van der Waals surface area contributed by atoms with Crippen molar-refractivity contribution in [1.82, 2.24) is 0 Å². The molecule has 0 aliphatic rings. The highest BCUT2D eigenvalue weighted by Crippen LogP contribution is 2.27. The number of amides is 1. The van der Waals surface area contributed by atoms with Gasteiger partial charge in [0.25, 0.3) is 0 Å². The molecular formula is C15H23NO. The Bertz CT molecular complexity index is 360. The number of rotatable bonds is 6. The zero-order valence-electron chi connectivity index (χ0n) is 11.1. The van der Waals surface area contributed by atoms with Crippen LogP contribution in [-0.2, 0) is 4.79 Å². The third kappa shape index (κ3) is 4.59. The van der Waals surface area contributed by atoms with Gasteiger partial charge in [0.05, 0.1) is 0 Å². The molecule has 2 heteroatoms. The van der Waals surface area contributed by atoms with Crippen LogP contribution in [0.5, 0.6) is 0 Å². The quantitative estimate of drug-likeness (QED) is 0.778. The van der Waals surface area contributed by atoms with Gasteiger partial charge in [0.15, 0.2) is 0 Å². The molecule has 1 aromatic rings. The summed E-state index contributed by atoms with van der Waals surface area (Å²) in [5.41, 5.74) is 2.25. The van der Waals surface area contributed by atoms with Gasteiger partial charge in [-0.05, 0) is 36.5 Å². The van der Waals surface area contributed by atoms with E-state index in [1.165, 1.54) is 24.8 Å². The van der Waals surface area contributed by atoms with Gasteiger partial charge in [-0.3, -0.25) is 4.79 Å². The molecule has 0 radical (unpaired) electrons. The van der Waals surface area contributed by atoms with Crippen molar-refractivity contribution in [3.8, 4) is 0 Å². The Kier molecular flexibility index (Phi) is 5.75. The van der Waals surface area contributed by atoms with Crippen molar-refractivity contribution in [2.45, 2.75) is 52.4 Å². The van der Waals surface area contributed by atoms with Crippen molar-refractivity contribution in [1.29, 1.82) is 0 Å². The molecule has 94 valence electrons. The molecule has 17 heavy (non-hydrogen) atoms. The molecule has 0 aromatic heterocycles. The van der Waals surface area contributed by atoms with Crippen LogP contribution >= 0.6 is 0 Å². The molecule has 1 amide bonds. The molecule has 0 heterocycles. The maximum Gasteiger partial charge on any atom is 0.221 e. The fourth-order valence-corrected chi connectivity index (χ4v) is 2.13. The van der Waals surface area contributed by atoms with Crippen LogP contribution in [-0.4, -0.2) is 5.91 Å². The average Bonchev–Trinajstić information content (AvgIpc) is 2.30. The van der Waals surface area contributed by atoms with Crippen molar-refractivity contribution in [2.24, 2.45) is 0 Å². The Morgan fingerprint density at radius 1 is 1.35 bits per heavy atom. The summed E-state index contributed by atoms with van der Waals surface area (Å²) in [6.07, 6.45) is 4.89. The number of anilines is 1. The molecule has 0 fully saturated rings. The Balaban J connectivity index is 2.77. The van der Waals surface area contributed by atoms with Crippen LogP contribution in [0.1, 0.15) is 57.9 Å². The molecule has 2 nitrogen and oxygen atoms in total. The lowest BCUT2D eigenvalue weighted by Crippen LogP contribution is -2.06. The number of benzene rings is 1. The molecule has 1 atom stereocenters. The maximum absolute atomic E-state index is 11.0. The first kappa shape index (κ1) is 13.8. The number of carbonyl (C=O) groups is 1. The van der Waals surface area contributed by atoms with Crippen LogP contribution in [0.4, 0.5) is 5.69 Å². The Labute approximate surface area is 104 Å². The Morgan fingerprint density at radius 2 is 2.12 bits per heavy atom. The van der Waals surface area contributed by atoms with E-state index in [2.05, 4.69) is 31.3 Å². The molecule has 1 rings (SSSR count). The molecule has 1 aromatic carbocycles. The van der Waals surface area contributed by atoms with E-state index in [0.29, 0.717) is 5.92 Å². The van der Waals surface area contributed by atoms with Gasteiger partial charge in [0.2, 0.25) is 5.91 Å². The SMILES string of the molecule is CCCCC(CC)c1cccc(NC(C)=O)c1. The summed E-state index contributed by atoms with van der Waals surface area (Å²) in [6, 6.07) is 8.23. The Hall–Kier alpha value is -1.31. The van der Waals surface area contributed by atoms with Crippen LogP contribution < -0.4 is 5.32 Å². The molecule has 0 saturated carbocycles. The van der Waals surface area contributed by atoms with Gasteiger partial charge in [-0.15, -0.1) is 0 Å². The minimum atomic E-state index is -0.0104. The highest BCUT2D eigenvalue weighted by Gasteiger charge is 2.09. The largest absolute Gasteiger partial charge is 0.326 e. The molecule has 0 aliphatic heterocycles. The fourth-order valence-electron chi connectivity index (χ4n) is 2.13. The van der Waals surface area contributed by atoms with E-state index in [-0.39, 0.29) is 5.91 Å². The zero-order chi connectivity index (χ0) is 12.7. The maximum atomic E-state index is 11.0. The summed E-state index contributed by atoms with van der Waals surface area (Å²) in [6.45, 7) is 5.99. The van der Waals surface area contributed by atoms with Crippen LogP contribution in [0.3, 0.4) is 0 Å². The lowest BCUT2D eigenvalue weighted by atomic mass is 9.91. The van der Waals surface area contributed by atoms with Crippen LogP contribution in [0, 0.1) is 0 Å². The van der Waals surface area contributed by atoms with E-state index < -0.39 is 0 Å². The van der Waals surface area contributed by atoms with E-state index in [9.17, 15) is 4.79 Å². The van der Waals surface area contributed by atoms with Crippen molar-refractivity contribution in [3.05, 3.63) is 29.8 Å². The average molecular weight is 233 g/mol. The molecule has 1 N–H and O–H groups in total. The number of hydrogen-bond donors (Lipinski definition) is 1. The monoisotopic (exact) mass is 233 g/mol. The summed E-state index contributed by atoms with van der Waals surface area (Å²) >= 11 is 0. The van der Waals surface area contributed by atoms with Gasteiger partial charge in [-0.1, -0.05) is 38.8 Å². The number of unbranched alkanes of at least 4 members (excludes halogenated alkanes) is 1. The van der Waals surface area contributed by atoms with Crippen molar-refractivity contribution in [3.63, 3.8) is 0 Å². The predicted molar refractivity (Wildman–Crippen MR) is 73.3 cm³/mol. The van der Waals surface area contributed by atoms with Crippen molar-refractivity contribution >= 4 is 11.6 Å². The number of nitrogens with one attached hydrogen (secondary N) is 1. The van der Waals surface area contributed by atoms with Crippen LogP contribution in [0.25, 0.3) is 0 Å². The van der Waals surface area contributed by atoms with Crippen molar-refractivity contribution < 1.29 is 4.79 Å². The van der Waals surface area contributed by atoms with Crippen LogP contribution in [0.2, 0.25) is 0 Å². The van der Waals surface area contributed by atoms with Gasteiger partial charge in [0.1, 0.15) is 0 Å². The summed E-state index contributed by atoms with van der Waals surface area (Å²) in [5.74, 6) is 0.604. The van der Waals surface area contributed by atoms with Gasteiger partial charge < -0.3 is 5.32 Å². The standard InChI is InChI=1S/C15H23NO/c1-4-6-8-13(5-2)14-9-7-10-15(11-14)16-12(3)17/h7,9-11,13H,4-6,8H2,1-3H3,(H,16,17). The molecule has 0 saturated heterocycles. The molecule has 0 bridgehead atoms. The second kappa shape index (κ2) is 7.10. The summed E-state index contributed by atoms with van der Waals surface area (Å²) in [5, 5.41) is 2.84. The van der Waals surface area contributed by atoms with Gasteiger partial charge in [-0.2, -0.15) is 0 Å². The fraction of sp³-hybridized carbons (Fsp3) is 0.533. The summed E-state index contributed by atoms with van der Waals surface area (Å²) in [7, 11) is 0. The van der Waals surface area contributed by atoms with Crippen molar-refractivity contribution in [2.75, 3.05) is 5.32 Å². The van der Waals surface area contributed by atoms with Gasteiger partial charge >= 0.3 is 0 Å². The highest BCUT2D eigenvalue weighted by molar-refractivity contribution is 5.88. The first-order chi connectivity index (χ1) is 8.17. The van der Waals surface area contributed by atoms with E-state index in [1.807, 2.05) is 12.1 Å². The van der Waals surface area contributed by atoms with Gasteiger partial charge in [0, 0.05) is 12.6 Å². The lowest BCUT2D eigenvalue weighted by Gasteiger charge is -2.16. The van der Waals surface area contributed by atoms with E-state index >= 15 is 0 Å². The predicted octanol–water partition coefficient (Wildman–Crippen LogP) is 4.33. The Morgan fingerprint density at radius 3 is 2.71 bits per heavy atom. The lowest BCUT2D eigenvalue weighted by molar-refractivity contribution is -0.114. The summed E-state index contributed by atoms with van der Waals surface area (Å²) < 4.78 is 0. The minimum Gasteiger partial charge on any atom is -0.326 e. The molecular weight excluding hydrogens is 210 g/mol. The molecule has 0 aliphatic carbocycles. The second-order valence-corrected chi connectivity index (χ2v) is 4.55. The highest BCUT2D eigenvalue weighted by atomic mass is 16.1. The van der Waals surface area contributed by atoms with E-state index in [0.717, 1.165) is 12.1 Å².